The zero-order valence-corrected chi connectivity index (χ0v) is 36.7. The molecule has 2 fully saturated rings. The molecule has 0 aliphatic carbocycles. The van der Waals surface area contributed by atoms with E-state index < -0.39 is 12.3 Å². The number of aliphatic hydroxyl groups excluding tert-OH is 1. The maximum Gasteiger partial charge on any atom is 0.407 e. The zero-order valence-electron chi connectivity index (χ0n) is 36.7. The fraction of sp³-hybridized carbons (Fsp3) is 0.688. The predicted molar refractivity (Wildman–Crippen MR) is 237 cm³/mol. The molecule has 3 atom stereocenters. The quantitative estimate of drug-likeness (QED) is 0.0523. The van der Waals surface area contributed by atoms with Gasteiger partial charge in [0.15, 0.2) is 6.29 Å². The number of carbonyl (C=O) groups is 3. The van der Waals surface area contributed by atoms with Crippen LogP contribution in [0.25, 0.3) is 0 Å². The van der Waals surface area contributed by atoms with Crippen LogP contribution in [0.15, 0.2) is 60.7 Å². The molecule has 2 aromatic carbocycles. The van der Waals surface area contributed by atoms with Gasteiger partial charge in [0.2, 0.25) is 5.91 Å². The Kier molecular flexibility index (Phi) is 25.6. The first-order chi connectivity index (χ1) is 29.5. The maximum absolute atomic E-state index is 13.5. The van der Waals surface area contributed by atoms with Crippen molar-refractivity contribution in [3.8, 4) is 0 Å². The molecule has 2 aliphatic heterocycles. The summed E-state index contributed by atoms with van der Waals surface area (Å²) < 4.78 is 15.8. The summed E-state index contributed by atoms with van der Waals surface area (Å²) >= 11 is 0. The van der Waals surface area contributed by atoms with Crippen LogP contribution < -0.4 is 5.32 Å². The molecular weight excluding hydrogens is 759 g/mol. The van der Waals surface area contributed by atoms with Gasteiger partial charge >= 0.3 is 12.1 Å². The van der Waals surface area contributed by atoms with Crippen molar-refractivity contribution in [2.75, 3.05) is 85.3 Å². The molecule has 2 aromatic rings. The third-order valence-corrected chi connectivity index (χ3v) is 11.6. The number of hydrogen-bond donors (Lipinski definition) is 2. The number of fused-ring (bicyclic) bond motifs is 2. The van der Waals surface area contributed by atoms with Gasteiger partial charge in [0.25, 0.3) is 0 Å². The van der Waals surface area contributed by atoms with Gasteiger partial charge in [-0.1, -0.05) is 119 Å². The highest BCUT2D eigenvalue weighted by Gasteiger charge is 2.22. The van der Waals surface area contributed by atoms with Crippen molar-refractivity contribution >= 4 is 18.0 Å². The van der Waals surface area contributed by atoms with E-state index in [0.29, 0.717) is 37.6 Å². The Labute approximate surface area is 361 Å². The topological polar surface area (TPSA) is 124 Å². The van der Waals surface area contributed by atoms with Gasteiger partial charge in [0, 0.05) is 65.4 Å². The van der Waals surface area contributed by atoms with E-state index in [1.807, 2.05) is 36.4 Å². The zero-order chi connectivity index (χ0) is 42.3. The van der Waals surface area contributed by atoms with Gasteiger partial charge in [-0.2, -0.15) is 0 Å². The maximum atomic E-state index is 13.5. The molecule has 2 amide bonds. The number of esters is 1. The average molecular weight is 836 g/mol. The molecule has 2 saturated heterocycles. The Hall–Kier alpha value is -3.55. The monoisotopic (exact) mass is 836 g/mol. The van der Waals surface area contributed by atoms with Crippen LogP contribution in [0.3, 0.4) is 0 Å². The van der Waals surface area contributed by atoms with Gasteiger partial charge in [0.1, 0.15) is 13.2 Å². The fourth-order valence-corrected chi connectivity index (χ4v) is 8.01. The largest absolute Gasteiger partial charge is 0.457 e. The second kappa shape index (κ2) is 31.3. The van der Waals surface area contributed by atoms with E-state index in [4.69, 9.17) is 14.2 Å². The van der Waals surface area contributed by atoms with Crippen molar-refractivity contribution in [2.24, 2.45) is 0 Å². The van der Waals surface area contributed by atoms with Crippen LogP contribution in [0, 0.1) is 0 Å². The summed E-state index contributed by atoms with van der Waals surface area (Å²) in [5.41, 5.74) is 1.45. The summed E-state index contributed by atoms with van der Waals surface area (Å²) in [7, 11) is 0. The SMILES string of the molecule is O=C(NCCCCCCCCCCN1CCCN(C(=O)CCCCCCCCCO[C@H](O)COC(=O)c2ccccc2)CCN2CCCN(CC1)C2)OCc1ccccc1. The molecule has 12 nitrogen and oxygen atoms in total. The van der Waals surface area contributed by atoms with Crippen LogP contribution in [-0.2, 0) is 25.6 Å². The summed E-state index contributed by atoms with van der Waals surface area (Å²) in [5, 5.41) is 12.9. The molecule has 0 aromatic heterocycles. The van der Waals surface area contributed by atoms with Crippen LogP contribution in [0.5, 0.6) is 0 Å². The van der Waals surface area contributed by atoms with Gasteiger partial charge in [-0.25, -0.2) is 9.59 Å². The number of carbonyl (C=O) groups excluding carboxylic acids is 3. The number of aliphatic hydroxyl groups is 1. The average Bonchev–Trinajstić information content (AvgIpc) is 3.27. The first kappa shape index (κ1) is 49.1. The Morgan fingerprint density at radius 1 is 0.617 bits per heavy atom. The van der Waals surface area contributed by atoms with E-state index in [-0.39, 0.29) is 12.7 Å². The van der Waals surface area contributed by atoms with Crippen molar-refractivity contribution in [2.45, 2.75) is 128 Å². The highest BCUT2D eigenvalue weighted by Crippen LogP contribution is 2.14. The number of nitrogens with zero attached hydrogens (tertiary/aromatic N) is 4. The van der Waals surface area contributed by atoms with E-state index >= 15 is 0 Å². The lowest BCUT2D eigenvalue weighted by Gasteiger charge is -2.38. The summed E-state index contributed by atoms with van der Waals surface area (Å²) in [6.45, 7) is 11.6. The number of ether oxygens (including phenoxy) is 3. The Morgan fingerprint density at radius 3 is 1.93 bits per heavy atom. The molecule has 0 saturated carbocycles. The standard InChI is InChI=1S/C48H77N5O7/c54-45(28-18-8-4-3-7-11-21-39-58-46(55)41-59-47(56)44-26-16-13-17-27-44)53-34-23-31-50(35-36-51-32-22-33-52(42-51)37-38-53)30-20-10-6-2-1-5-9-19-29-49-48(57)60-40-43-24-14-12-15-25-43/h12-17,24-27,46,55H,1-11,18-23,28-42H2,(H,49,57)/t46-/m0/s1. The normalized spacial score (nSPS) is 18.2. The van der Waals surface area contributed by atoms with Crippen LogP contribution in [0.1, 0.15) is 131 Å². The lowest BCUT2D eigenvalue weighted by molar-refractivity contribution is -0.132. The third kappa shape index (κ3) is 22.3. The van der Waals surface area contributed by atoms with E-state index in [2.05, 4.69) is 24.9 Å². The number of unbranched alkanes of at least 4 members (excludes halogenated alkanes) is 13. The number of alkyl carbamates (subject to hydrolysis) is 1. The van der Waals surface area contributed by atoms with Gasteiger partial charge in [0.05, 0.1) is 12.2 Å². The van der Waals surface area contributed by atoms with Crippen LogP contribution in [-0.4, -0.2) is 134 Å². The number of rotatable bonds is 27. The van der Waals surface area contributed by atoms with Gasteiger partial charge < -0.3 is 34.4 Å². The summed E-state index contributed by atoms with van der Waals surface area (Å²) in [6, 6.07) is 18.5. The lowest BCUT2D eigenvalue weighted by atomic mass is 10.1. The summed E-state index contributed by atoms with van der Waals surface area (Å²) in [4.78, 5) is 47.3. The molecule has 2 aliphatic rings. The molecule has 2 N–H and O–H groups in total. The van der Waals surface area contributed by atoms with E-state index in [1.54, 1.807) is 24.3 Å². The Morgan fingerprint density at radius 2 is 1.22 bits per heavy atom. The molecule has 12 heteroatoms. The number of hydrogen-bond acceptors (Lipinski definition) is 10. The molecule has 2 bridgehead atoms. The third-order valence-electron chi connectivity index (χ3n) is 11.6. The number of nitrogens with one attached hydrogen (secondary N) is 1. The molecule has 2 unspecified atom stereocenters. The van der Waals surface area contributed by atoms with Crippen molar-refractivity contribution in [3.05, 3.63) is 71.8 Å². The summed E-state index contributed by atoms with van der Waals surface area (Å²) in [5.74, 6) is -0.153. The predicted octanol–water partition coefficient (Wildman–Crippen LogP) is 7.85. The molecule has 336 valence electrons. The second-order valence-electron chi connectivity index (χ2n) is 16.6. The smallest absolute Gasteiger partial charge is 0.407 e. The Balaban J connectivity index is 0.996. The lowest BCUT2D eigenvalue weighted by Crippen LogP contribution is -2.50. The van der Waals surface area contributed by atoms with E-state index in [1.165, 1.54) is 51.5 Å². The first-order valence-electron chi connectivity index (χ1n) is 23.4. The minimum Gasteiger partial charge on any atom is -0.457 e. The second-order valence-corrected chi connectivity index (χ2v) is 16.6. The summed E-state index contributed by atoms with van der Waals surface area (Å²) in [6.07, 6.45) is 18.3. The highest BCUT2D eigenvalue weighted by atomic mass is 16.6. The Bertz CT molecular complexity index is 1420. The highest BCUT2D eigenvalue weighted by molar-refractivity contribution is 5.89. The van der Waals surface area contributed by atoms with Crippen molar-refractivity contribution in [1.82, 2.24) is 24.9 Å². The van der Waals surface area contributed by atoms with Gasteiger partial charge in [-0.15, -0.1) is 0 Å². The molecule has 0 radical (unpaired) electrons. The van der Waals surface area contributed by atoms with Crippen molar-refractivity contribution in [1.29, 1.82) is 0 Å². The fourth-order valence-electron chi connectivity index (χ4n) is 8.01. The van der Waals surface area contributed by atoms with Gasteiger partial charge in [-0.05, 0) is 69.3 Å². The van der Waals surface area contributed by atoms with Crippen molar-refractivity contribution < 1.29 is 33.7 Å². The van der Waals surface area contributed by atoms with E-state index in [9.17, 15) is 19.5 Å². The van der Waals surface area contributed by atoms with Crippen LogP contribution in [0.4, 0.5) is 4.79 Å². The number of amides is 2. The minimum absolute atomic E-state index is 0.179. The first-order valence-corrected chi connectivity index (χ1v) is 23.4. The van der Waals surface area contributed by atoms with Gasteiger partial charge in [-0.3, -0.25) is 14.6 Å². The molecule has 4 rings (SSSR count). The molecule has 2 heterocycles. The van der Waals surface area contributed by atoms with Crippen molar-refractivity contribution in [3.63, 3.8) is 0 Å². The van der Waals surface area contributed by atoms with Crippen LogP contribution >= 0.6 is 0 Å². The minimum atomic E-state index is -1.12. The van der Waals surface area contributed by atoms with E-state index in [0.717, 1.165) is 129 Å². The molecule has 60 heavy (non-hydrogen) atoms. The molecular formula is C48H77N5O7. The van der Waals surface area contributed by atoms with Crippen LogP contribution in [0.2, 0.25) is 0 Å². The molecule has 0 spiro atoms. The number of benzene rings is 2.